The maximum Gasteiger partial charge on any atom is 0.326 e. The fourth-order valence-corrected chi connectivity index (χ4v) is 3.42. The third-order valence-electron chi connectivity index (χ3n) is 4.61. The van der Waals surface area contributed by atoms with Gasteiger partial charge in [0.2, 0.25) is 5.91 Å². The Balaban J connectivity index is 1.86. The van der Waals surface area contributed by atoms with Crippen molar-refractivity contribution in [1.82, 2.24) is 5.32 Å². The lowest BCUT2D eigenvalue weighted by atomic mass is 9.95. The predicted molar refractivity (Wildman–Crippen MR) is 97.3 cm³/mol. The molecule has 2 aromatic rings. The summed E-state index contributed by atoms with van der Waals surface area (Å²) < 4.78 is 0. The molecule has 2 aromatic carbocycles. The summed E-state index contributed by atoms with van der Waals surface area (Å²) in [6, 6.07) is 14.7. The van der Waals surface area contributed by atoms with Crippen LogP contribution in [0.3, 0.4) is 0 Å². The van der Waals surface area contributed by atoms with Crippen molar-refractivity contribution in [1.29, 1.82) is 0 Å². The molecule has 1 amide bonds. The minimum Gasteiger partial charge on any atom is -0.480 e. The van der Waals surface area contributed by atoms with Gasteiger partial charge in [0.1, 0.15) is 6.04 Å². The van der Waals surface area contributed by atoms with Crippen LogP contribution in [0.25, 0.3) is 11.1 Å². The Bertz CT molecular complexity index is 767. The molecule has 0 saturated carbocycles. The Labute approximate surface area is 147 Å². The molecule has 1 aliphatic carbocycles. The fourth-order valence-electron chi connectivity index (χ4n) is 3.42. The molecule has 4 heteroatoms. The fraction of sp³-hybridized carbons (Fsp3) is 0.238. The van der Waals surface area contributed by atoms with E-state index in [4.69, 9.17) is 0 Å². The van der Waals surface area contributed by atoms with E-state index in [-0.39, 0.29) is 5.91 Å². The number of carbonyl (C=O) groups is 2. The van der Waals surface area contributed by atoms with Crippen molar-refractivity contribution < 1.29 is 14.7 Å². The SMILES string of the molecule is C=CCCC[C@@H](NC(=O)C1c2ccccc2-c2ccccc21)C(=O)O. The van der Waals surface area contributed by atoms with Crippen LogP contribution in [0.2, 0.25) is 0 Å². The maximum absolute atomic E-state index is 12.9. The topological polar surface area (TPSA) is 66.4 Å². The zero-order valence-electron chi connectivity index (χ0n) is 13.9. The standard InChI is InChI=1S/C21H21NO3/c1-2-3-4-13-18(21(24)25)22-20(23)19-16-11-7-5-9-14(16)15-10-6-8-12-17(15)19/h2,5-12,18-19H,1,3-4,13H2,(H,22,23)(H,24,25)/t18-/m1/s1. The Hall–Kier alpha value is -2.88. The van der Waals surface area contributed by atoms with Crippen molar-refractivity contribution >= 4 is 11.9 Å². The lowest BCUT2D eigenvalue weighted by molar-refractivity contribution is -0.142. The van der Waals surface area contributed by atoms with Crippen molar-refractivity contribution in [2.24, 2.45) is 0 Å². The molecule has 0 aliphatic heterocycles. The summed E-state index contributed by atoms with van der Waals surface area (Å²) in [5.74, 6) is -1.73. The largest absolute Gasteiger partial charge is 0.480 e. The summed E-state index contributed by atoms with van der Waals surface area (Å²) in [6.07, 6.45) is 3.56. The molecular formula is C21H21NO3. The number of allylic oxidation sites excluding steroid dienone is 1. The monoisotopic (exact) mass is 335 g/mol. The van der Waals surface area contributed by atoms with Crippen LogP contribution >= 0.6 is 0 Å². The van der Waals surface area contributed by atoms with Gasteiger partial charge in [0.05, 0.1) is 5.92 Å². The quantitative estimate of drug-likeness (QED) is 0.598. The molecule has 0 fully saturated rings. The van der Waals surface area contributed by atoms with Gasteiger partial charge < -0.3 is 10.4 Å². The highest BCUT2D eigenvalue weighted by Gasteiger charge is 2.35. The molecule has 3 rings (SSSR count). The van der Waals surface area contributed by atoms with E-state index in [1.54, 1.807) is 6.08 Å². The lowest BCUT2D eigenvalue weighted by Crippen LogP contribution is -2.43. The highest BCUT2D eigenvalue weighted by atomic mass is 16.4. The number of rotatable bonds is 7. The van der Waals surface area contributed by atoms with Crippen LogP contribution in [0.5, 0.6) is 0 Å². The predicted octanol–water partition coefficient (Wildman–Crippen LogP) is 3.72. The number of carboxylic acid groups (broad SMARTS) is 1. The molecule has 0 aromatic heterocycles. The van der Waals surface area contributed by atoms with E-state index < -0.39 is 17.9 Å². The summed E-state index contributed by atoms with van der Waals surface area (Å²) in [5, 5.41) is 12.1. The zero-order valence-corrected chi connectivity index (χ0v) is 13.9. The number of amides is 1. The number of fused-ring (bicyclic) bond motifs is 3. The molecule has 0 saturated heterocycles. The first-order valence-electron chi connectivity index (χ1n) is 8.45. The van der Waals surface area contributed by atoms with Gasteiger partial charge in [-0.15, -0.1) is 6.58 Å². The van der Waals surface area contributed by atoms with Gasteiger partial charge in [-0.2, -0.15) is 0 Å². The summed E-state index contributed by atoms with van der Waals surface area (Å²) in [4.78, 5) is 24.4. The van der Waals surface area contributed by atoms with Gasteiger partial charge in [0, 0.05) is 0 Å². The van der Waals surface area contributed by atoms with Gasteiger partial charge in [-0.05, 0) is 41.5 Å². The second-order valence-corrected chi connectivity index (χ2v) is 6.23. The summed E-state index contributed by atoms with van der Waals surface area (Å²) in [6.45, 7) is 3.64. The van der Waals surface area contributed by atoms with E-state index in [9.17, 15) is 14.7 Å². The van der Waals surface area contributed by atoms with Crippen molar-refractivity contribution in [3.05, 3.63) is 72.3 Å². The molecule has 25 heavy (non-hydrogen) atoms. The molecule has 1 atom stereocenters. The Morgan fingerprint density at radius 3 is 2.16 bits per heavy atom. The third kappa shape index (κ3) is 3.33. The molecule has 0 unspecified atom stereocenters. The van der Waals surface area contributed by atoms with Crippen LogP contribution in [0.1, 0.15) is 36.3 Å². The maximum atomic E-state index is 12.9. The average molecular weight is 335 g/mol. The van der Waals surface area contributed by atoms with Gasteiger partial charge in [-0.3, -0.25) is 4.79 Å². The van der Waals surface area contributed by atoms with E-state index >= 15 is 0 Å². The van der Waals surface area contributed by atoms with Gasteiger partial charge in [0.15, 0.2) is 0 Å². The lowest BCUT2D eigenvalue weighted by Gasteiger charge is -2.19. The third-order valence-corrected chi connectivity index (χ3v) is 4.61. The van der Waals surface area contributed by atoms with Crippen LogP contribution in [0.15, 0.2) is 61.2 Å². The number of carbonyl (C=O) groups excluding carboxylic acids is 1. The minimum atomic E-state index is -1.00. The number of carboxylic acids is 1. The van der Waals surface area contributed by atoms with Crippen LogP contribution in [-0.2, 0) is 9.59 Å². The van der Waals surface area contributed by atoms with Gasteiger partial charge in [-0.1, -0.05) is 54.6 Å². The first-order valence-corrected chi connectivity index (χ1v) is 8.45. The second-order valence-electron chi connectivity index (χ2n) is 6.23. The van der Waals surface area contributed by atoms with Gasteiger partial charge in [-0.25, -0.2) is 4.79 Å². The van der Waals surface area contributed by atoms with Crippen molar-refractivity contribution in [2.45, 2.75) is 31.2 Å². The van der Waals surface area contributed by atoms with Gasteiger partial charge in [0.25, 0.3) is 0 Å². The smallest absolute Gasteiger partial charge is 0.326 e. The number of aliphatic carboxylic acids is 1. The van der Waals surface area contributed by atoms with E-state index in [0.29, 0.717) is 12.8 Å². The van der Waals surface area contributed by atoms with Crippen LogP contribution in [0.4, 0.5) is 0 Å². The molecule has 2 N–H and O–H groups in total. The molecule has 0 spiro atoms. The summed E-state index contributed by atoms with van der Waals surface area (Å²) in [5.41, 5.74) is 3.93. The van der Waals surface area contributed by atoms with Gasteiger partial charge >= 0.3 is 5.97 Å². The summed E-state index contributed by atoms with van der Waals surface area (Å²) >= 11 is 0. The molecule has 128 valence electrons. The first kappa shape index (κ1) is 17.0. The van der Waals surface area contributed by atoms with Crippen molar-refractivity contribution in [2.75, 3.05) is 0 Å². The van der Waals surface area contributed by atoms with Crippen LogP contribution in [-0.4, -0.2) is 23.0 Å². The van der Waals surface area contributed by atoms with Crippen LogP contribution in [0, 0.1) is 0 Å². The molecule has 0 radical (unpaired) electrons. The normalized spacial score (nSPS) is 13.6. The average Bonchev–Trinajstić information content (AvgIpc) is 2.95. The Morgan fingerprint density at radius 2 is 1.64 bits per heavy atom. The molecule has 1 aliphatic rings. The molecule has 0 bridgehead atoms. The number of nitrogens with one attached hydrogen (secondary N) is 1. The Morgan fingerprint density at radius 1 is 1.08 bits per heavy atom. The van der Waals surface area contributed by atoms with E-state index in [0.717, 1.165) is 28.7 Å². The molecule has 4 nitrogen and oxygen atoms in total. The van der Waals surface area contributed by atoms with Crippen LogP contribution < -0.4 is 5.32 Å². The van der Waals surface area contributed by atoms with E-state index in [1.165, 1.54) is 0 Å². The summed E-state index contributed by atoms with van der Waals surface area (Å²) in [7, 11) is 0. The second kappa shape index (κ2) is 7.34. The van der Waals surface area contributed by atoms with E-state index in [1.807, 2.05) is 48.5 Å². The zero-order chi connectivity index (χ0) is 17.8. The number of unbranched alkanes of at least 4 members (excludes halogenated alkanes) is 1. The van der Waals surface area contributed by atoms with Crippen molar-refractivity contribution in [3.63, 3.8) is 0 Å². The first-order chi connectivity index (χ1) is 12.1. The number of benzene rings is 2. The highest BCUT2D eigenvalue weighted by Crippen LogP contribution is 2.44. The highest BCUT2D eigenvalue weighted by molar-refractivity contribution is 5.97. The van der Waals surface area contributed by atoms with Crippen molar-refractivity contribution in [3.8, 4) is 11.1 Å². The minimum absolute atomic E-state index is 0.261. The Kier molecular flexibility index (Phi) is 4.98. The van der Waals surface area contributed by atoms with E-state index in [2.05, 4.69) is 11.9 Å². The number of hydrogen-bond donors (Lipinski definition) is 2. The number of hydrogen-bond acceptors (Lipinski definition) is 2. The molecule has 0 heterocycles. The molecular weight excluding hydrogens is 314 g/mol.